The van der Waals surface area contributed by atoms with Crippen LogP contribution in [0.15, 0.2) is 35.7 Å². The van der Waals surface area contributed by atoms with E-state index in [1.54, 1.807) is 13.0 Å². The molecule has 164 valence electrons. The average molecular weight is 443 g/mol. The molecule has 30 heavy (non-hydrogen) atoms. The minimum absolute atomic E-state index is 0.0947. The molecular formula is C21H24F3NO4S. The van der Waals surface area contributed by atoms with Crippen molar-refractivity contribution in [1.29, 1.82) is 0 Å². The summed E-state index contributed by atoms with van der Waals surface area (Å²) in [6.45, 7) is 2.16. The highest BCUT2D eigenvalue weighted by Crippen LogP contribution is 2.31. The molecule has 0 aliphatic carbocycles. The fourth-order valence-electron chi connectivity index (χ4n) is 2.74. The van der Waals surface area contributed by atoms with Gasteiger partial charge in [-0.15, -0.1) is 24.5 Å². The first-order chi connectivity index (χ1) is 14.3. The van der Waals surface area contributed by atoms with Crippen LogP contribution in [-0.2, 0) is 14.3 Å². The molecule has 5 nitrogen and oxygen atoms in total. The Labute approximate surface area is 177 Å². The van der Waals surface area contributed by atoms with Gasteiger partial charge < -0.3 is 14.8 Å². The minimum atomic E-state index is -4.72. The molecule has 1 aromatic heterocycles. The lowest BCUT2D eigenvalue weighted by molar-refractivity contribution is -0.274. The SMILES string of the molecule is CCOC(=O)CCCCCCC(=O)Nc1cc(-c2ccc(OC(F)(F)F)cc2)cs1. The molecule has 1 heterocycles. The number of esters is 1. The number of ether oxygens (including phenoxy) is 2. The Balaban J connectivity index is 1.72. The number of carbonyl (C=O) groups is 2. The number of amides is 1. The third-order valence-corrected chi connectivity index (χ3v) is 4.97. The van der Waals surface area contributed by atoms with E-state index in [1.165, 1.54) is 35.6 Å². The summed E-state index contributed by atoms with van der Waals surface area (Å²) in [4.78, 5) is 23.3. The molecule has 0 radical (unpaired) electrons. The molecule has 0 unspecified atom stereocenters. The number of thiophene rings is 1. The summed E-state index contributed by atoms with van der Waals surface area (Å²) < 4.78 is 45.4. The van der Waals surface area contributed by atoms with E-state index in [1.807, 2.05) is 5.38 Å². The summed E-state index contributed by atoms with van der Waals surface area (Å²) in [6.07, 6.45) is -0.729. The van der Waals surface area contributed by atoms with Gasteiger partial charge in [-0.05, 0) is 49.1 Å². The molecule has 0 fully saturated rings. The van der Waals surface area contributed by atoms with Crippen molar-refractivity contribution in [2.75, 3.05) is 11.9 Å². The summed E-state index contributed by atoms with van der Waals surface area (Å²) >= 11 is 1.35. The molecule has 2 aromatic rings. The van der Waals surface area contributed by atoms with E-state index in [0.29, 0.717) is 24.4 Å². The second-order valence-electron chi connectivity index (χ2n) is 6.54. The molecule has 0 saturated carbocycles. The zero-order valence-electron chi connectivity index (χ0n) is 16.6. The van der Waals surface area contributed by atoms with Gasteiger partial charge in [0.05, 0.1) is 11.6 Å². The zero-order chi connectivity index (χ0) is 22.0. The van der Waals surface area contributed by atoms with E-state index >= 15 is 0 Å². The van der Waals surface area contributed by atoms with Crippen molar-refractivity contribution in [2.45, 2.75) is 51.8 Å². The van der Waals surface area contributed by atoms with Crippen LogP contribution in [0.5, 0.6) is 5.75 Å². The lowest BCUT2D eigenvalue weighted by Crippen LogP contribution is -2.16. The first-order valence-electron chi connectivity index (χ1n) is 9.67. The van der Waals surface area contributed by atoms with E-state index in [-0.39, 0.29) is 17.6 Å². The summed E-state index contributed by atoms with van der Waals surface area (Å²) in [5.41, 5.74) is 1.52. The quantitative estimate of drug-likeness (QED) is 0.334. The maximum Gasteiger partial charge on any atom is 0.573 e. The molecular weight excluding hydrogens is 419 g/mol. The van der Waals surface area contributed by atoms with E-state index in [4.69, 9.17) is 4.74 Å². The molecule has 0 bridgehead atoms. The Kier molecular flexibility index (Phi) is 9.16. The standard InChI is InChI=1S/C21H24F3NO4S/c1-2-28-20(27)8-6-4-3-5-7-18(26)25-19-13-16(14-30-19)15-9-11-17(12-10-15)29-21(22,23)24/h9-14H,2-8H2,1H3,(H,25,26). The Morgan fingerprint density at radius 1 is 1.00 bits per heavy atom. The molecule has 0 aliphatic heterocycles. The van der Waals surface area contributed by atoms with Crippen LogP contribution in [0.3, 0.4) is 0 Å². The number of halogens is 3. The van der Waals surface area contributed by atoms with Gasteiger partial charge in [0.25, 0.3) is 0 Å². The number of hydrogen-bond acceptors (Lipinski definition) is 5. The predicted molar refractivity (Wildman–Crippen MR) is 109 cm³/mol. The molecule has 0 spiro atoms. The third kappa shape index (κ3) is 8.86. The number of alkyl halides is 3. The highest BCUT2D eigenvalue weighted by atomic mass is 32.1. The third-order valence-electron chi connectivity index (χ3n) is 4.12. The molecule has 0 aliphatic rings. The fraction of sp³-hybridized carbons (Fsp3) is 0.429. The Hall–Kier alpha value is -2.55. The van der Waals surface area contributed by atoms with E-state index < -0.39 is 6.36 Å². The van der Waals surface area contributed by atoms with Crippen molar-refractivity contribution < 1.29 is 32.2 Å². The van der Waals surface area contributed by atoms with Crippen molar-refractivity contribution in [3.63, 3.8) is 0 Å². The Morgan fingerprint density at radius 2 is 1.67 bits per heavy atom. The van der Waals surface area contributed by atoms with E-state index in [2.05, 4.69) is 10.1 Å². The van der Waals surface area contributed by atoms with E-state index in [9.17, 15) is 22.8 Å². The summed E-state index contributed by atoms with van der Waals surface area (Å²) in [7, 11) is 0. The highest BCUT2D eigenvalue weighted by molar-refractivity contribution is 7.14. The number of carbonyl (C=O) groups excluding carboxylic acids is 2. The van der Waals surface area contributed by atoms with Gasteiger partial charge >= 0.3 is 12.3 Å². The molecule has 0 atom stereocenters. The monoisotopic (exact) mass is 443 g/mol. The number of nitrogens with one attached hydrogen (secondary N) is 1. The van der Waals surface area contributed by atoms with Crippen molar-refractivity contribution >= 4 is 28.2 Å². The number of anilines is 1. The maximum atomic E-state index is 12.2. The van der Waals surface area contributed by atoms with Crippen LogP contribution in [0.1, 0.15) is 45.4 Å². The smallest absolute Gasteiger partial charge is 0.466 e. The summed E-state index contributed by atoms with van der Waals surface area (Å²) in [6, 6.07) is 7.35. The van der Waals surface area contributed by atoms with Crippen LogP contribution in [0, 0.1) is 0 Å². The minimum Gasteiger partial charge on any atom is -0.466 e. The Morgan fingerprint density at radius 3 is 2.30 bits per heavy atom. The molecule has 1 aromatic carbocycles. The van der Waals surface area contributed by atoms with Crippen molar-refractivity contribution in [3.05, 3.63) is 35.7 Å². The second kappa shape index (κ2) is 11.6. The maximum absolute atomic E-state index is 12.2. The molecule has 1 amide bonds. The van der Waals surface area contributed by atoms with Crippen LogP contribution in [0.25, 0.3) is 11.1 Å². The lowest BCUT2D eigenvalue weighted by Gasteiger charge is -2.08. The van der Waals surface area contributed by atoms with Crippen LogP contribution in [-0.4, -0.2) is 24.8 Å². The van der Waals surface area contributed by atoms with Crippen LogP contribution in [0.2, 0.25) is 0 Å². The predicted octanol–water partition coefficient (Wildman–Crippen LogP) is 6.16. The molecule has 0 saturated heterocycles. The van der Waals surface area contributed by atoms with Crippen LogP contribution >= 0.6 is 11.3 Å². The van der Waals surface area contributed by atoms with Gasteiger partial charge in [-0.2, -0.15) is 0 Å². The lowest BCUT2D eigenvalue weighted by atomic mass is 10.1. The van der Waals surface area contributed by atoms with Crippen LogP contribution < -0.4 is 10.1 Å². The average Bonchev–Trinajstić information content (AvgIpc) is 3.12. The van der Waals surface area contributed by atoms with Gasteiger partial charge in [-0.25, -0.2) is 0 Å². The van der Waals surface area contributed by atoms with Crippen molar-refractivity contribution in [2.24, 2.45) is 0 Å². The number of unbranched alkanes of at least 4 members (excludes halogenated alkanes) is 3. The first kappa shape index (κ1) is 23.7. The largest absolute Gasteiger partial charge is 0.573 e. The molecule has 2 rings (SSSR count). The fourth-order valence-corrected chi connectivity index (χ4v) is 3.57. The van der Waals surface area contributed by atoms with Gasteiger partial charge in [0.1, 0.15) is 5.75 Å². The molecule has 1 N–H and O–H groups in total. The number of hydrogen-bond donors (Lipinski definition) is 1. The van der Waals surface area contributed by atoms with Gasteiger partial charge in [0.15, 0.2) is 0 Å². The summed E-state index contributed by atoms with van der Waals surface area (Å²) in [5.74, 6) is -0.564. The van der Waals surface area contributed by atoms with E-state index in [0.717, 1.165) is 36.8 Å². The van der Waals surface area contributed by atoms with Crippen molar-refractivity contribution in [1.82, 2.24) is 0 Å². The van der Waals surface area contributed by atoms with Gasteiger partial charge in [0.2, 0.25) is 5.91 Å². The normalized spacial score (nSPS) is 11.2. The van der Waals surface area contributed by atoms with Crippen molar-refractivity contribution in [3.8, 4) is 16.9 Å². The molecule has 9 heteroatoms. The number of benzene rings is 1. The highest BCUT2D eigenvalue weighted by Gasteiger charge is 2.30. The van der Waals surface area contributed by atoms with Gasteiger partial charge in [-0.3, -0.25) is 9.59 Å². The number of rotatable bonds is 11. The summed E-state index contributed by atoms with van der Waals surface area (Å²) in [5, 5.41) is 5.33. The topological polar surface area (TPSA) is 64.6 Å². The van der Waals surface area contributed by atoms with Gasteiger partial charge in [0, 0.05) is 18.2 Å². The first-order valence-corrected chi connectivity index (χ1v) is 10.5. The zero-order valence-corrected chi connectivity index (χ0v) is 17.4. The van der Waals surface area contributed by atoms with Gasteiger partial charge in [-0.1, -0.05) is 25.0 Å². The second-order valence-corrected chi connectivity index (χ2v) is 7.45. The van der Waals surface area contributed by atoms with Crippen LogP contribution in [0.4, 0.5) is 18.2 Å². The Bertz CT molecular complexity index is 818.